The van der Waals surface area contributed by atoms with E-state index in [1.807, 2.05) is 30.0 Å². The fourth-order valence-electron chi connectivity index (χ4n) is 2.98. The number of H-pyrrole nitrogens is 1. The molecule has 2 heterocycles. The molecule has 1 aromatic carbocycles. The Kier molecular flexibility index (Phi) is 4.85. The molecule has 0 saturated carbocycles. The number of ether oxygens (including phenoxy) is 2. The number of aryl methyl sites for hydroxylation is 1. The van der Waals surface area contributed by atoms with Gasteiger partial charge in [-0.2, -0.15) is 0 Å². The van der Waals surface area contributed by atoms with E-state index in [1.165, 1.54) is 0 Å². The third-order valence-corrected chi connectivity index (χ3v) is 4.33. The SMILES string of the molecule is COc1ccc2cc(CCC(=O)N3CCOC(C)C3)c(=O)[nH]c2c1. The number of carbonyl (C=O) groups is 1. The zero-order valence-electron chi connectivity index (χ0n) is 14.0. The summed E-state index contributed by atoms with van der Waals surface area (Å²) in [6.07, 6.45) is 0.834. The summed E-state index contributed by atoms with van der Waals surface area (Å²) in [4.78, 5) is 29.2. The Bertz CT molecular complexity index is 799. The molecule has 0 bridgehead atoms. The normalized spacial score (nSPS) is 17.9. The number of methoxy groups -OCH3 is 1. The predicted octanol–water partition coefficient (Wildman–Crippen LogP) is 1.72. The largest absolute Gasteiger partial charge is 0.497 e. The van der Waals surface area contributed by atoms with E-state index in [4.69, 9.17) is 9.47 Å². The Balaban J connectivity index is 1.72. The summed E-state index contributed by atoms with van der Waals surface area (Å²) in [6, 6.07) is 7.40. The lowest BCUT2D eigenvalue weighted by Gasteiger charge is -2.31. The Hall–Kier alpha value is -2.34. The molecule has 1 aliphatic heterocycles. The first-order chi connectivity index (χ1) is 11.6. The van der Waals surface area contributed by atoms with Crippen LogP contribution in [0.3, 0.4) is 0 Å². The lowest BCUT2D eigenvalue weighted by atomic mass is 10.1. The Morgan fingerprint density at radius 1 is 1.42 bits per heavy atom. The average molecular weight is 330 g/mol. The van der Waals surface area contributed by atoms with Crippen molar-refractivity contribution in [3.63, 3.8) is 0 Å². The molecular weight excluding hydrogens is 308 g/mol. The van der Waals surface area contributed by atoms with Gasteiger partial charge in [0.1, 0.15) is 5.75 Å². The van der Waals surface area contributed by atoms with Crippen molar-refractivity contribution >= 4 is 16.8 Å². The number of aromatic nitrogens is 1. The highest BCUT2D eigenvalue weighted by Crippen LogP contribution is 2.19. The van der Waals surface area contributed by atoms with E-state index in [9.17, 15) is 9.59 Å². The highest BCUT2D eigenvalue weighted by atomic mass is 16.5. The molecule has 1 saturated heterocycles. The van der Waals surface area contributed by atoms with Crippen LogP contribution in [0.5, 0.6) is 5.75 Å². The number of rotatable bonds is 4. The molecule has 1 fully saturated rings. The van der Waals surface area contributed by atoms with Crippen molar-refractivity contribution in [2.24, 2.45) is 0 Å². The summed E-state index contributed by atoms with van der Waals surface area (Å²) in [5.41, 5.74) is 1.21. The van der Waals surface area contributed by atoms with Gasteiger partial charge in [0.25, 0.3) is 5.56 Å². The maximum atomic E-state index is 12.3. The van der Waals surface area contributed by atoms with Gasteiger partial charge >= 0.3 is 0 Å². The molecule has 0 aliphatic carbocycles. The lowest BCUT2D eigenvalue weighted by Crippen LogP contribution is -2.44. The fraction of sp³-hybridized carbons (Fsp3) is 0.444. The number of benzene rings is 1. The van der Waals surface area contributed by atoms with Crippen LogP contribution in [0.1, 0.15) is 18.9 Å². The topological polar surface area (TPSA) is 71.6 Å². The number of amides is 1. The highest BCUT2D eigenvalue weighted by molar-refractivity contribution is 5.81. The quantitative estimate of drug-likeness (QED) is 0.926. The van der Waals surface area contributed by atoms with Crippen LogP contribution in [0.4, 0.5) is 0 Å². The minimum absolute atomic E-state index is 0.0689. The highest BCUT2D eigenvalue weighted by Gasteiger charge is 2.21. The number of carbonyl (C=O) groups excluding carboxylic acids is 1. The molecule has 1 unspecified atom stereocenters. The summed E-state index contributed by atoms with van der Waals surface area (Å²) in [6.45, 7) is 3.77. The van der Waals surface area contributed by atoms with Crippen molar-refractivity contribution in [3.05, 3.63) is 40.2 Å². The molecule has 1 aliphatic rings. The third kappa shape index (κ3) is 3.59. The molecule has 1 amide bonds. The molecule has 2 aromatic rings. The number of fused-ring (bicyclic) bond motifs is 1. The Morgan fingerprint density at radius 2 is 2.25 bits per heavy atom. The zero-order valence-corrected chi connectivity index (χ0v) is 14.0. The molecule has 24 heavy (non-hydrogen) atoms. The van der Waals surface area contributed by atoms with Crippen LogP contribution in [-0.2, 0) is 16.0 Å². The number of nitrogens with one attached hydrogen (secondary N) is 1. The maximum Gasteiger partial charge on any atom is 0.251 e. The summed E-state index contributed by atoms with van der Waals surface area (Å²) in [5.74, 6) is 0.766. The smallest absolute Gasteiger partial charge is 0.251 e. The van der Waals surface area contributed by atoms with Crippen LogP contribution < -0.4 is 10.3 Å². The van der Waals surface area contributed by atoms with Crippen LogP contribution in [0, 0.1) is 0 Å². The molecule has 0 radical (unpaired) electrons. The first-order valence-corrected chi connectivity index (χ1v) is 8.16. The van der Waals surface area contributed by atoms with Crippen LogP contribution in [-0.4, -0.2) is 48.7 Å². The lowest BCUT2D eigenvalue weighted by molar-refractivity contribution is -0.138. The molecule has 1 atom stereocenters. The van der Waals surface area contributed by atoms with Gasteiger partial charge in [-0.05, 0) is 36.9 Å². The minimum atomic E-state index is -0.154. The van der Waals surface area contributed by atoms with Crippen LogP contribution in [0.15, 0.2) is 29.1 Å². The molecule has 128 valence electrons. The van der Waals surface area contributed by atoms with Crippen molar-refractivity contribution in [1.82, 2.24) is 9.88 Å². The molecule has 6 nitrogen and oxygen atoms in total. The van der Waals surface area contributed by atoms with Gasteiger partial charge in [0, 0.05) is 31.1 Å². The van der Waals surface area contributed by atoms with Crippen LogP contribution in [0.2, 0.25) is 0 Å². The second-order valence-electron chi connectivity index (χ2n) is 6.10. The summed E-state index contributed by atoms with van der Waals surface area (Å²) < 4.78 is 10.6. The van der Waals surface area contributed by atoms with E-state index in [0.29, 0.717) is 43.9 Å². The van der Waals surface area contributed by atoms with Gasteiger partial charge in [0.2, 0.25) is 5.91 Å². The molecule has 1 aromatic heterocycles. The average Bonchev–Trinajstić information content (AvgIpc) is 2.59. The van der Waals surface area contributed by atoms with Gasteiger partial charge in [-0.1, -0.05) is 0 Å². The number of hydrogen-bond donors (Lipinski definition) is 1. The van der Waals surface area contributed by atoms with Gasteiger partial charge in [0.15, 0.2) is 0 Å². The van der Waals surface area contributed by atoms with E-state index in [0.717, 1.165) is 10.9 Å². The van der Waals surface area contributed by atoms with Gasteiger partial charge in [-0.15, -0.1) is 0 Å². The van der Waals surface area contributed by atoms with E-state index >= 15 is 0 Å². The fourth-order valence-corrected chi connectivity index (χ4v) is 2.98. The molecule has 1 N–H and O–H groups in total. The Morgan fingerprint density at radius 3 is 3.00 bits per heavy atom. The van der Waals surface area contributed by atoms with Crippen molar-refractivity contribution in [1.29, 1.82) is 0 Å². The first kappa shape index (κ1) is 16.5. The monoisotopic (exact) mass is 330 g/mol. The molecule has 6 heteroatoms. The second-order valence-corrected chi connectivity index (χ2v) is 6.10. The second kappa shape index (κ2) is 7.05. The maximum absolute atomic E-state index is 12.3. The first-order valence-electron chi connectivity index (χ1n) is 8.16. The van der Waals surface area contributed by atoms with Crippen molar-refractivity contribution < 1.29 is 14.3 Å². The van der Waals surface area contributed by atoms with E-state index < -0.39 is 0 Å². The summed E-state index contributed by atoms with van der Waals surface area (Å²) in [7, 11) is 1.59. The third-order valence-electron chi connectivity index (χ3n) is 4.33. The molecular formula is C18H22N2O4. The number of morpholine rings is 1. The number of aromatic amines is 1. The van der Waals surface area contributed by atoms with Crippen molar-refractivity contribution in [2.45, 2.75) is 25.9 Å². The number of pyridine rings is 1. The van der Waals surface area contributed by atoms with Crippen molar-refractivity contribution in [3.8, 4) is 5.75 Å². The van der Waals surface area contributed by atoms with E-state index in [-0.39, 0.29) is 17.6 Å². The van der Waals surface area contributed by atoms with Gasteiger partial charge in [-0.25, -0.2) is 0 Å². The Labute approximate surface area is 140 Å². The van der Waals surface area contributed by atoms with Crippen LogP contribution in [0.25, 0.3) is 10.9 Å². The number of nitrogens with zero attached hydrogens (tertiary/aromatic N) is 1. The summed E-state index contributed by atoms with van der Waals surface area (Å²) >= 11 is 0. The van der Waals surface area contributed by atoms with E-state index in [1.54, 1.807) is 13.2 Å². The van der Waals surface area contributed by atoms with Crippen LogP contribution >= 0.6 is 0 Å². The molecule has 0 spiro atoms. The predicted molar refractivity (Wildman–Crippen MR) is 91.4 cm³/mol. The van der Waals surface area contributed by atoms with E-state index in [2.05, 4.69) is 4.98 Å². The van der Waals surface area contributed by atoms with Gasteiger partial charge in [0.05, 0.1) is 25.3 Å². The van der Waals surface area contributed by atoms with Crippen molar-refractivity contribution in [2.75, 3.05) is 26.8 Å². The standard InChI is InChI=1S/C18H22N2O4/c1-12-11-20(7-8-24-12)17(21)6-4-14-9-13-3-5-15(23-2)10-16(13)19-18(14)22/h3,5,9-10,12H,4,6-8,11H2,1-2H3,(H,19,22). The summed E-state index contributed by atoms with van der Waals surface area (Å²) in [5, 5.41) is 0.929. The minimum Gasteiger partial charge on any atom is -0.497 e. The molecule has 3 rings (SSSR count). The number of hydrogen-bond acceptors (Lipinski definition) is 4. The van der Waals surface area contributed by atoms with Gasteiger partial charge < -0.3 is 19.4 Å². The zero-order chi connectivity index (χ0) is 17.1. The van der Waals surface area contributed by atoms with Gasteiger partial charge in [-0.3, -0.25) is 9.59 Å².